The molecule has 0 saturated carbocycles. The van der Waals surface area contributed by atoms with Crippen LogP contribution in [0.4, 0.5) is 18.9 Å². The summed E-state index contributed by atoms with van der Waals surface area (Å²) in [7, 11) is 0. The van der Waals surface area contributed by atoms with Crippen LogP contribution in [0.25, 0.3) is 0 Å². The standard InChI is InChI=1S/C11H14F3NO/c1-7(16-8(2)11(12,13)14)9-3-5-10(15)6-4-9/h3-8H,15H2,1-2H3. The smallest absolute Gasteiger partial charge is 0.399 e. The van der Waals surface area contributed by atoms with Gasteiger partial charge >= 0.3 is 6.18 Å². The van der Waals surface area contributed by atoms with E-state index in [1.165, 1.54) is 0 Å². The molecule has 0 radical (unpaired) electrons. The van der Waals surface area contributed by atoms with Gasteiger partial charge in [-0.05, 0) is 31.5 Å². The average molecular weight is 233 g/mol. The molecule has 90 valence electrons. The van der Waals surface area contributed by atoms with Gasteiger partial charge in [-0.3, -0.25) is 0 Å². The molecule has 0 bridgehead atoms. The summed E-state index contributed by atoms with van der Waals surface area (Å²) in [5, 5.41) is 0. The van der Waals surface area contributed by atoms with Gasteiger partial charge in [-0.1, -0.05) is 12.1 Å². The number of hydrogen-bond donors (Lipinski definition) is 1. The second-order valence-corrected chi connectivity index (χ2v) is 3.63. The Hall–Kier alpha value is -1.23. The largest absolute Gasteiger partial charge is 0.414 e. The molecule has 1 aromatic carbocycles. The molecule has 0 saturated heterocycles. The van der Waals surface area contributed by atoms with Crippen molar-refractivity contribution in [3.63, 3.8) is 0 Å². The Kier molecular flexibility index (Phi) is 3.80. The molecule has 2 N–H and O–H groups in total. The fraction of sp³-hybridized carbons (Fsp3) is 0.455. The van der Waals surface area contributed by atoms with Crippen LogP contribution in [-0.2, 0) is 4.74 Å². The first-order valence-electron chi connectivity index (χ1n) is 4.88. The molecule has 1 aromatic rings. The highest BCUT2D eigenvalue weighted by molar-refractivity contribution is 5.39. The van der Waals surface area contributed by atoms with Crippen molar-refractivity contribution >= 4 is 5.69 Å². The Morgan fingerprint density at radius 2 is 1.62 bits per heavy atom. The molecular weight excluding hydrogens is 219 g/mol. The molecule has 0 aliphatic carbocycles. The lowest BCUT2D eigenvalue weighted by Gasteiger charge is -2.21. The lowest BCUT2D eigenvalue weighted by atomic mass is 10.1. The van der Waals surface area contributed by atoms with Crippen molar-refractivity contribution in [3.05, 3.63) is 29.8 Å². The first kappa shape index (κ1) is 12.8. The zero-order valence-corrected chi connectivity index (χ0v) is 9.08. The van der Waals surface area contributed by atoms with Gasteiger partial charge in [0, 0.05) is 5.69 Å². The summed E-state index contributed by atoms with van der Waals surface area (Å²) < 4.78 is 41.6. The molecule has 0 aliphatic heterocycles. The number of nitrogens with two attached hydrogens (primary N) is 1. The number of ether oxygens (including phenoxy) is 1. The van der Waals surface area contributed by atoms with Crippen molar-refractivity contribution in [2.24, 2.45) is 0 Å². The molecule has 1 rings (SSSR count). The Morgan fingerprint density at radius 1 is 1.12 bits per heavy atom. The number of nitrogen functional groups attached to an aromatic ring is 1. The Bertz CT molecular complexity index is 334. The van der Waals surface area contributed by atoms with Gasteiger partial charge in [0.05, 0.1) is 6.10 Å². The molecule has 2 nitrogen and oxygen atoms in total. The van der Waals surface area contributed by atoms with Crippen LogP contribution in [-0.4, -0.2) is 12.3 Å². The normalized spacial score (nSPS) is 15.8. The Morgan fingerprint density at radius 3 is 2.06 bits per heavy atom. The quantitative estimate of drug-likeness (QED) is 0.813. The first-order valence-corrected chi connectivity index (χ1v) is 4.88. The zero-order chi connectivity index (χ0) is 12.3. The van der Waals surface area contributed by atoms with Crippen LogP contribution in [0.3, 0.4) is 0 Å². The predicted molar refractivity (Wildman–Crippen MR) is 55.9 cm³/mol. The minimum atomic E-state index is -4.33. The van der Waals surface area contributed by atoms with Crippen LogP contribution in [0.15, 0.2) is 24.3 Å². The summed E-state index contributed by atoms with van der Waals surface area (Å²) in [6.07, 6.45) is -6.72. The summed E-state index contributed by atoms with van der Waals surface area (Å²) in [6.45, 7) is 2.57. The van der Waals surface area contributed by atoms with E-state index in [0.29, 0.717) is 11.3 Å². The summed E-state index contributed by atoms with van der Waals surface area (Å²) in [5.74, 6) is 0. The predicted octanol–water partition coefficient (Wildman–Crippen LogP) is 3.30. The van der Waals surface area contributed by atoms with Gasteiger partial charge < -0.3 is 10.5 Å². The van der Waals surface area contributed by atoms with Crippen LogP contribution in [0, 0.1) is 0 Å². The van der Waals surface area contributed by atoms with E-state index in [4.69, 9.17) is 10.5 Å². The maximum atomic E-state index is 12.2. The molecule has 0 fully saturated rings. The Balaban J connectivity index is 2.65. The van der Waals surface area contributed by atoms with E-state index in [1.807, 2.05) is 0 Å². The van der Waals surface area contributed by atoms with Crippen molar-refractivity contribution in [1.82, 2.24) is 0 Å². The number of halogens is 3. The van der Waals surface area contributed by atoms with E-state index in [1.54, 1.807) is 31.2 Å². The molecule has 5 heteroatoms. The van der Waals surface area contributed by atoms with Gasteiger partial charge in [-0.15, -0.1) is 0 Å². The van der Waals surface area contributed by atoms with E-state index in [9.17, 15) is 13.2 Å². The maximum absolute atomic E-state index is 12.2. The van der Waals surface area contributed by atoms with Crippen LogP contribution < -0.4 is 5.73 Å². The number of alkyl halides is 3. The summed E-state index contributed by atoms with van der Waals surface area (Å²) >= 11 is 0. The van der Waals surface area contributed by atoms with Gasteiger partial charge in [0.25, 0.3) is 0 Å². The number of anilines is 1. The van der Waals surface area contributed by atoms with E-state index >= 15 is 0 Å². The minimum absolute atomic E-state index is 0.569. The molecule has 0 spiro atoms. The van der Waals surface area contributed by atoms with Crippen molar-refractivity contribution < 1.29 is 17.9 Å². The molecule has 2 atom stereocenters. The van der Waals surface area contributed by atoms with Crippen molar-refractivity contribution in [1.29, 1.82) is 0 Å². The van der Waals surface area contributed by atoms with E-state index in [2.05, 4.69) is 0 Å². The van der Waals surface area contributed by atoms with E-state index in [-0.39, 0.29) is 0 Å². The number of rotatable bonds is 3. The average Bonchev–Trinajstić information content (AvgIpc) is 2.17. The van der Waals surface area contributed by atoms with Crippen molar-refractivity contribution in [2.75, 3.05) is 5.73 Å². The molecule has 0 aliphatic rings. The third-order valence-electron chi connectivity index (χ3n) is 2.28. The van der Waals surface area contributed by atoms with Gasteiger partial charge in [0.2, 0.25) is 0 Å². The highest BCUT2D eigenvalue weighted by Gasteiger charge is 2.37. The minimum Gasteiger partial charge on any atom is -0.399 e. The highest BCUT2D eigenvalue weighted by atomic mass is 19.4. The lowest BCUT2D eigenvalue weighted by Crippen LogP contribution is -2.29. The molecule has 2 unspecified atom stereocenters. The van der Waals surface area contributed by atoms with Gasteiger partial charge in [0.15, 0.2) is 6.10 Å². The third-order valence-corrected chi connectivity index (χ3v) is 2.28. The molecular formula is C11H14F3NO. The summed E-state index contributed by atoms with van der Waals surface area (Å²) in [4.78, 5) is 0. The molecule has 0 amide bonds. The molecule has 0 heterocycles. The fourth-order valence-corrected chi connectivity index (χ4v) is 1.23. The van der Waals surface area contributed by atoms with E-state index < -0.39 is 18.4 Å². The summed E-state index contributed by atoms with van der Waals surface area (Å²) in [5.41, 5.74) is 6.72. The van der Waals surface area contributed by atoms with Gasteiger partial charge in [-0.25, -0.2) is 0 Å². The topological polar surface area (TPSA) is 35.2 Å². The zero-order valence-electron chi connectivity index (χ0n) is 9.08. The monoisotopic (exact) mass is 233 g/mol. The molecule has 16 heavy (non-hydrogen) atoms. The highest BCUT2D eigenvalue weighted by Crippen LogP contribution is 2.28. The van der Waals surface area contributed by atoms with Gasteiger partial charge in [-0.2, -0.15) is 13.2 Å². The SMILES string of the molecule is CC(OC(C)C(F)(F)F)c1ccc(N)cc1. The lowest BCUT2D eigenvalue weighted by molar-refractivity contribution is -0.225. The van der Waals surface area contributed by atoms with Crippen LogP contribution >= 0.6 is 0 Å². The number of benzene rings is 1. The summed E-state index contributed by atoms with van der Waals surface area (Å²) in [6, 6.07) is 6.58. The fourth-order valence-electron chi connectivity index (χ4n) is 1.23. The Labute approximate surface area is 92.2 Å². The molecule has 0 aromatic heterocycles. The van der Waals surface area contributed by atoms with Crippen molar-refractivity contribution in [3.8, 4) is 0 Å². The second-order valence-electron chi connectivity index (χ2n) is 3.63. The first-order chi connectivity index (χ1) is 7.30. The third kappa shape index (κ3) is 3.41. The maximum Gasteiger partial charge on any atom is 0.414 e. The van der Waals surface area contributed by atoms with Crippen molar-refractivity contribution in [2.45, 2.75) is 32.2 Å². The van der Waals surface area contributed by atoms with Gasteiger partial charge in [0.1, 0.15) is 0 Å². The van der Waals surface area contributed by atoms with Crippen LogP contribution in [0.1, 0.15) is 25.5 Å². The van der Waals surface area contributed by atoms with Crippen LogP contribution in [0.2, 0.25) is 0 Å². The number of hydrogen-bond acceptors (Lipinski definition) is 2. The van der Waals surface area contributed by atoms with E-state index in [0.717, 1.165) is 6.92 Å². The second kappa shape index (κ2) is 4.74. The van der Waals surface area contributed by atoms with Crippen LogP contribution in [0.5, 0.6) is 0 Å².